The molecule has 1 amide bonds. The summed E-state index contributed by atoms with van der Waals surface area (Å²) in [6, 6.07) is 8.89. The average molecular weight is 413 g/mol. The van der Waals surface area contributed by atoms with Crippen LogP contribution in [0.1, 0.15) is 41.4 Å². The summed E-state index contributed by atoms with van der Waals surface area (Å²) >= 11 is 1.15. The number of unbranched alkanes of at least 4 members (excludes halogenated alkanes) is 1. The van der Waals surface area contributed by atoms with Crippen LogP contribution in [0.4, 0.5) is 5.82 Å². The largest absolute Gasteiger partial charge is 0.465 e. The molecule has 0 aliphatic heterocycles. The van der Waals surface area contributed by atoms with Gasteiger partial charge in [-0.2, -0.15) is 4.98 Å². The number of hydrogen-bond acceptors (Lipinski definition) is 7. The maximum Gasteiger partial charge on any atom is 0.316 e. The number of furan rings is 1. The number of nitrogens with one attached hydrogen (secondary N) is 1. The monoisotopic (exact) mass is 413 g/mol. The van der Waals surface area contributed by atoms with Crippen LogP contribution in [0.5, 0.6) is 0 Å². The molecule has 0 aliphatic carbocycles. The number of ether oxygens (including phenoxy) is 1. The maximum atomic E-state index is 12.6. The van der Waals surface area contributed by atoms with Crippen molar-refractivity contribution in [2.75, 3.05) is 17.7 Å². The van der Waals surface area contributed by atoms with Crippen LogP contribution in [0.25, 0.3) is 11.1 Å². The van der Waals surface area contributed by atoms with Gasteiger partial charge in [-0.25, -0.2) is 4.98 Å². The van der Waals surface area contributed by atoms with Crippen LogP contribution < -0.4 is 5.32 Å². The zero-order chi connectivity index (χ0) is 20.8. The summed E-state index contributed by atoms with van der Waals surface area (Å²) in [5.74, 6) is 0.540. The molecule has 2 aromatic heterocycles. The van der Waals surface area contributed by atoms with Crippen LogP contribution in [0.15, 0.2) is 39.9 Å². The van der Waals surface area contributed by atoms with Crippen molar-refractivity contribution in [3.05, 3.63) is 47.2 Å². The molecule has 29 heavy (non-hydrogen) atoms. The highest BCUT2D eigenvalue weighted by Crippen LogP contribution is 2.31. The fourth-order valence-electron chi connectivity index (χ4n) is 2.65. The number of nitrogens with zero attached hydrogens (tertiary/aromatic N) is 2. The number of benzene rings is 1. The minimum Gasteiger partial charge on any atom is -0.465 e. The summed E-state index contributed by atoms with van der Waals surface area (Å²) < 4.78 is 10.9. The van der Waals surface area contributed by atoms with E-state index in [0.717, 1.165) is 30.2 Å². The zero-order valence-corrected chi connectivity index (χ0v) is 17.5. The quantitative estimate of drug-likeness (QED) is 0.251. The Morgan fingerprint density at radius 3 is 2.66 bits per heavy atom. The molecule has 0 saturated heterocycles. The number of carbonyl (C=O) groups excluding carboxylic acids is 2. The maximum absolute atomic E-state index is 12.6. The van der Waals surface area contributed by atoms with Gasteiger partial charge in [0.05, 0.1) is 17.7 Å². The summed E-state index contributed by atoms with van der Waals surface area (Å²) in [4.78, 5) is 33.3. The number of aryl methyl sites for hydroxylation is 2. The van der Waals surface area contributed by atoms with E-state index in [1.54, 1.807) is 24.3 Å². The SMILES string of the molecule is CCCCOC(=O)CSc1nc(NC(=O)c2ccccc2)c2c(C)c(C)oc2n1. The Balaban J connectivity index is 1.83. The molecule has 152 valence electrons. The van der Waals surface area contributed by atoms with Crippen molar-refractivity contribution < 1.29 is 18.7 Å². The Bertz CT molecular complexity index is 1020. The number of anilines is 1. The Kier molecular flexibility index (Phi) is 6.87. The highest BCUT2D eigenvalue weighted by Gasteiger charge is 2.19. The molecule has 8 heteroatoms. The van der Waals surface area contributed by atoms with E-state index in [9.17, 15) is 9.59 Å². The molecule has 7 nitrogen and oxygen atoms in total. The molecule has 2 heterocycles. The highest BCUT2D eigenvalue weighted by molar-refractivity contribution is 7.99. The first kappa shape index (κ1) is 20.9. The number of fused-ring (bicyclic) bond motifs is 1. The second-order valence-corrected chi connectivity index (χ2v) is 7.44. The number of rotatable bonds is 8. The Morgan fingerprint density at radius 2 is 1.93 bits per heavy atom. The molecule has 0 atom stereocenters. The van der Waals surface area contributed by atoms with Gasteiger partial charge in [-0.1, -0.05) is 43.3 Å². The molecule has 0 fully saturated rings. The minimum atomic E-state index is -0.325. The van der Waals surface area contributed by atoms with Crippen molar-refractivity contribution in [1.82, 2.24) is 9.97 Å². The van der Waals surface area contributed by atoms with E-state index in [1.165, 1.54) is 0 Å². The predicted molar refractivity (Wildman–Crippen MR) is 112 cm³/mol. The van der Waals surface area contributed by atoms with Gasteiger partial charge < -0.3 is 14.5 Å². The van der Waals surface area contributed by atoms with E-state index in [1.807, 2.05) is 26.8 Å². The molecule has 0 saturated carbocycles. The standard InChI is InChI=1S/C21H23N3O4S/c1-4-5-11-27-16(25)12-29-21-23-18(17-13(2)14(3)28-20(17)24-21)22-19(26)15-9-7-6-8-10-15/h6-10H,4-5,11-12H2,1-3H3,(H,22,23,24,26). The molecule has 1 N–H and O–H groups in total. The van der Waals surface area contributed by atoms with Gasteiger partial charge in [-0.05, 0) is 32.4 Å². The number of esters is 1. The normalized spacial score (nSPS) is 10.9. The Labute approximate surface area is 173 Å². The molecular weight excluding hydrogens is 390 g/mol. The lowest BCUT2D eigenvalue weighted by atomic mass is 10.2. The van der Waals surface area contributed by atoms with Gasteiger partial charge in [0, 0.05) is 11.1 Å². The molecule has 0 aliphatic rings. The fourth-order valence-corrected chi connectivity index (χ4v) is 3.28. The molecule has 0 bridgehead atoms. The molecule has 0 unspecified atom stereocenters. The van der Waals surface area contributed by atoms with Gasteiger partial charge in [-0.3, -0.25) is 9.59 Å². The fraction of sp³-hybridized carbons (Fsp3) is 0.333. The topological polar surface area (TPSA) is 94.3 Å². The van der Waals surface area contributed by atoms with E-state index >= 15 is 0 Å². The van der Waals surface area contributed by atoms with Crippen LogP contribution in [0.3, 0.4) is 0 Å². The van der Waals surface area contributed by atoms with Crippen molar-refractivity contribution in [2.24, 2.45) is 0 Å². The molecule has 3 aromatic rings. The lowest BCUT2D eigenvalue weighted by Gasteiger charge is -2.08. The van der Waals surface area contributed by atoms with E-state index in [2.05, 4.69) is 15.3 Å². The number of amides is 1. The van der Waals surface area contributed by atoms with Crippen LogP contribution in [0, 0.1) is 13.8 Å². The Hall–Kier alpha value is -2.87. The number of aromatic nitrogens is 2. The third-order valence-electron chi connectivity index (χ3n) is 4.36. The summed E-state index contributed by atoms with van der Waals surface area (Å²) in [6.07, 6.45) is 1.79. The smallest absolute Gasteiger partial charge is 0.316 e. The highest BCUT2D eigenvalue weighted by atomic mass is 32.2. The molecular formula is C21H23N3O4S. The number of thioether (sulfide) groups is 1. The third-order valence-corrected chi connectivity index (χ3v) is 5.18. The predicted octanol–water partition coefficient (Wildman–Crippen LogP) is 4.53. The molecule has 0 radical (unpaired) electrons. The number of carbonyl (C=O) groups is 2. The van der Waals surface area contributed by atoms with Gasteiger partial charge >= 0.3 is 5.97 Å². The molecule has 3 rings (SSSR count). The lowest BCUT2D eigenvalue weighted by Crippen LogP contribution is -2.14. The van der Waals surface area contributed by atoms with Crippen LogP contribution in [-0.4, -0.2) is 34.2 Å². The zero-order valence-electron chi connectivity index (χ0n) is 16.7. The third kappa shape index (κ3) is 5.14. The average Bonchev–Trinajstić information content (AvgIpc) is 3.01. The van der Waals surface area contributed by atoms with Crippen molar-refractivity contribution in [1.29, 1.82) is 0 Å². The first-order valence-electron chi connectivity index (χ1n) is 9.42. The second kappa shape index (κ2) is 9.56. The van der Waals surface area contributed by atoms with E-state index in [0.29, 0.717) is 40.0 Å². The van der Waals surface area contributed by atoms with Gasteiger partial charge in [-0.15, -0.1) is 0 Å². The van der Waals surface area contributed by atoms with E-state index < -0.39 is 0 Å². The molecule has 0 spiro atoms. The van der Waals surface area contributed by atoms with Gasteiger partial charge in [0.15, 0.2) is 5.16 Å². The Morgan fingerprint density at radius 1 is 1.17 bits per heavy atom. The first-order chi connectivity index (χ1) is 14.0. The van der Waals surface area contributed by atoms with Crippen molar-refractivity contribution in [3.8, 4) is 0 Å². The lowest BCUT2D eigenvalue weighted by molar-refractivity contribution is -0.140. The number of hydrogen-bond donors (Lipinski definition) is 1. The van der Waals surface area contributed by atoms with Gasteiger partial charge in [0.1, 0.15) is 11.6 Å². The molecule has 1 aromatic carbocycles. The summed E-state index contributed by atoms with van der Waals surface area (Å²) in [5.41, 5.74) is 1.75. The summed E-state index contributed by atoms with van der Waals surface area (Å²) in [7, 11) is 0. The van der Waals surface area contributed by atoms with Crippen LogP contribution in [0.2, 0.25) is 0 Å². The van der Waals surface area contributed by atoms with E-state index in [-0.39, 0.29) is 17.6 Å². The van der Waals surface area contributed by atoms with Crippen molar-refractivity contribution >= 4 is 40.6 Å². The summed E-state index contributed by atoms with van der Waals surface area (Å²) in [6.45, 7) is 6.16. The van der Waals surface area contributed by atoms with Gasteiger partial charge in [0.2, 0.25) is 5.71 Å². The second-order valence-electron chi connectivity index (χ2n) is 6.50. The van der Waals surface area contributed by atoms with Crippen LogP contribution >= 0.6 is 11.8 Å². The van der Waals surface area contributed by atoms with E-state index in [4.69, 9.17) is 9.15 Å². The van der Waals surface area contributed by atoms with Crippen molar-refractivity contribution in [2.45, 2.75) is 38.8 Å². The minimum absolute atomic E-state index is 0.0833. The van der Waals surface area contributed by atoms with Crippen molar-refractivity contribution in [3.63, 3.8) is 0 Å². The van der Waals surface area contributed by atoms with Gasteiger partial charge in [0.25, 0.3) is 5.91 Å². The van der Waals surface area contributed by atoms with Crippen LogP contribution in [-0.2, 0) is 9.53 Å². The first-order valence-corrected chi connectivity index (χ1v) is 10.4. The summed E-state index contributed by atoms with van der Waals surface area (Å²) in [5, 5.41) is 3.84.